The van der Waals surface area contributed by atoms with Gasteiger partial charge < -0.3 is 15.1 Å². The molecule has 1 aliphatic rings. The molecule has 1 aliphatic heterocycles. The van der Waals surface area contributed by atoms with Gasteiger partial charge in [-0.2, -0.15) is 0 Å². The predicted octanol–water partition coefficient (Wildman–Crippen LogP) is 5.74. The summed E-state index contributed by atoms with van der Waals surface area (Å²) in [5, 5.41) is 6.84. The highest BCUT2D eigenvalue weighted by Gasteiger charge is 2.23. The molecule has 35 heavy (non-hydrogen) atoms. The first-order valence-electron chi connectivity index (χ1n) is 10.8. The van der Waals surface area contributed by atoms with Crippen molar-refractivity contribution in [3.63, 3.8) is 0 Å². The smallest absolute Gasteiger partial charge is 0.258 e. The molecule has 180 valence electrons. The quantitative estimate of drug-likeness (QED) is 0.408. The molecule has 1 fully saturated rings. The summed E-state index contributed by atoms with van der Waals surface area (Å²) in [5.74, 6) is -0.439. The summed E-state index contributed by atoms with van der Waals surface area (Å²) < 4.78 is 0. The third-order valence-electron chi connectivity index (χ3n) is 5.53. The molecule has 1 heterocycles. The highest BCUT2D eigenvalue weighted by molar-refractivity contribution is 7.80. The van der Waals surface area contributed by atoms with E-state index in [0.29, 0.717) is 47.5 Å². The van der Waals surface area contributed by atoms with Gasteiger partial charge in [-0.15, -0.1) is 0 Å². The standard InChI is InChI=1S/C25H21Cl3N4O2S/c26-17-6-8-20(27)19(14-17)23(33)30-25(35)29-18-7-9-22(21(28)15-18)31-10-12-32(13-11-31)24(34)16-4-2-1-3-5-16/h1-9,14-15H,10-13H2,(H2,29,30,33,35). The Balaban J connectivity index is 1.34. The molecule has 4 rings (SSSR count). The van der Waals surface area contributed by atoms with Crippen molar-refractivity contribution in [2.75, 3.05) is 36.4 Å². The molecule has 0 radical (unpaired) electrons. The monoisotopic (exact) mass is 546 g/mol. The van der Waals surface area contributed by atoms with Crippen molar-refractivity contribution in [2.24, 2.45) is 0 Å². The fourth-order valence-corrected chi connectivity index (χ4v) is 4.65. The maximum atomic E-state index is 12.7. The zero-order valence-corrected chi connectivity index (χ0v) is 21.5. The van der Waals surface area contributed by atoms with Gasteiger partial charge in [0.25, 0.3) is 11.8 Å². The minimum absolute atomic E-state index is 0.0329. The highest BCUT2D eigenvalue weighted by Crippen LogP contribution is 2.30. The number of benzene rings is 3. The van der Waals surface area contributed by atoms with Gasteiger partial charge in [0.05, 0.1) is 21.3 Å². The zero-order valence-electron chi connectivity index (χ0n) is 18.4. The Morgan fingerprint density at radius 1 is 0.829 bits per heavy atom. The average Bonchev–Trinajstić information content (AvgIpc) is 2.85. The Hall–Kier alpha value is -2.84. The van der Waals surface area contributed by atoms with Gasteiger partial charge in [0.2, 0.25) is 0 Å². The van der Waals surface area contributed by atoms with Gasteiger partial charge in [0, 0.05) is 42.5 Å². The molecule has 3 aromatic carbocycles. The number of piperazine rings is 1. The van der Waals surface area contributed by atoms with Crippen LogP contribution in [0.1, 0.15) is 20.7 Å². The molecule has 0 aliphatic carbocycles. The number of carbonyl (C=O) groups is 2. The minimum atomic E-state index is -0.472. The lowest BCUT2D eigenvalue weighted by atomic mass is 10.1. The van der Waals surface area contributed by atoms with E-state index in [1.54, 1.807) is 18.2 Å². The molecule has 0 spiro atoms. The largest absolute Gasteiger partial charge is 0.367 e. The van der Waals surface area contributed by atoms with Gasteiger partial charge in [-0.05, 0) is 60.7 Å². The normalized spacial score (nSPS) is 13.3. The van der Waals surface area contributed by atoms with Crippen LogP contribution in [0.5, 0.6) is 0 Å². The van der Waals surface area contributed by atoms with E-state index in [-0.39, 0.29) is 21.6 Å². The van der Waals surface area contributed by atoms with Crippen molar-refractivity contribution in [1.82, 2.24) is 10.2 Å². The number of rotatable bonds is 4. The summed E-state index contributed by atoms with van der Waals surface area (Å²) in [5.41, 5.74) is 2.40. The SMILES string of the molecule is O=C(NC(=S)Nc1ccc(N2CCN(C(=O)c3ccccc3)CC2)c(Cl)c1)c1cc(Cl)ccc1Cl. The molecule has 2 amide bonds. The lowest BCUT2D eigenvalue weighted by Crippen LogP contribution is -2.48. The van der Waals surface area contributed by atoms with E-state index in [2.05, 4.69) is 15.5 Å². The van der Waals surface area contributed by atoms with Crippen molar-refractivity contribution < 1.29 is 9.59 Å². The van der Waals surface area contributed by atoms with Gasteiger partial charge in [-0.1, -0.05) is 53.0 Å². The van der Waals surface area contributed by atoms with E-state index >= 15 is 0 Å². The van der Waals surface area contributed by atoms with Crippen molar-refractivity contribution in [2.45, 2.75) is 0 Å². The maximum absolute atomic E-state index is 12.7. The van der Waals surface area contributed by atoms with Crippen LogP contribution in [-0.4, -0.2) is 48.0 Å². The number of halogens is 3. The minimum Gasteiger partial charge on any atom is -0.367 e. The number of nitrogens with one attached hydrogen (secondary N) is 2. The first-order valence-corrected chi connectivity index (χ1v) is 12.3. The Labute approximate surface area is 223 Å². The highest BCUT2D eigenvalue weighted by atomic mass is 35.5. The van der Waals surface area contributed by atoms with Crippen LogP contribution in [0.3, 0.4) is 0 Å². The molecule has 6 nitrogen and oxygen atoms in total. The number of hydrogen-bond acceptors (Lipinski definition) is 4. The van der Waals surface area contributed by atoms with Gasteiger partial charge in [-0.25, -0.2) is 0 Å². The van der Waals surface area contributed by atoms with Crippen LogP contribution in [0, 0.1) is 0 Å². The molecule has 0 atom stereocenters. The van der Waals surface area contributed by atoms with Crippen LogP contribution in [0.4, 0.5) is 11.4 Å². The Kier molecular flexibility index (Phi) is 8.13. The van der Waals surface area contributed by atoms with E-state index in [4.69, 9.17) is 47.0 Å². The van der Waals surface area contributed by atoms with Crippen LogP contribution in [-0.2, 0) is 0 Å². The van der Waals surface area contributed by atoms with Crippen molar-refractivity contribution >= 4 is 75.3 Å². The van der Waals surface area contributed by atoms with Crippen LogP contribution in [0.25, 0.3) is 0 Å². The number of hydrogen-bond donors (Lipinski definition) is 2. The lowest BCUT2D eigenvalue weighted by molar-refractivity contribution is 0.0746. The number of anilines is 2. The molecule has 0 bridgehead atoms. The summed E-state index contributed by atoms with van der Waals surface area (Å²) in [6.45, 7) is 2.54. The van der Waals surface area contributed by atoms with Gasteiger partial charge in [0.15, 0.2) is 5.11 Å². The molecule has 10 heteroatoms. The summed E-state index contributed by atoms with van der Waals surface area (Å²) >= 11 is 23.8. The Morgan fingerprint density at radius 2 is 1.54 bits per heavy atom. The molecule has 0 saturated carbocycles. The average molecular weight is 548 g/mol. The summed E-state index contributed by atoms with van der Waals surface area (Å²) in [6.07, 6.45) is 0. The zero-order chi connectivity index (χ0) is 24.9. The molecule has 3 aromatic rings. The summed E-state index contributed by atoms with van der Waals surface area (Å²) in [7, 11) is 0. The number of nitrogens with zero attached hydrogens (tertiary/aromatic N) is 2. The van der Waals surface area contributed by atoms with Gasteiger partial charge in [0.1, 0.15) is 0 Å². The second-order valence-corrected chi connectivity index (χ2v) is 9.50. The maximum Gasteiger partial charge on any atom is 0.258 e. The van der Waals surface area contributed by atoms with E-state index in [1.165, 1.54) is 6.07 Å². The fraction of sp³-hybridized carbons (Fsp3) is 0.160. The van der Waals surface area contributed by atoms with Crippen LogP contribution in [0.2, 0.25) is 15.1 Å². The second kappa shape index (κ2) is 11.3. The molecule has 2 N–H and O–H groups in total. The van der Waals surface area contributed by atoms with Gasteiger partial charge in [-0.3, -0.25) is 14.9 Å². The first kappa shape index (κ1) is 25.3. The van der Waals surface area contributed by atoms with Crippen molar-refractivity contribution in [3.05, 3.63) is 92.9 Å². The lowest BCUT2D eigenvalue weighted by Gasteiger charge is -2.36. The topological polar surface area (TPSA) is 64.7 Å². The third kappa shape index (κ3) is 6.24. The second-order valence-electron chi connectivity index (χ2n) is 7.84. The van der Waals surface area contributed by atoms with E-state index in [9.17, 15) is 9.59 Å². The number of amides is 2. The van der Waals surface area contributed by atoms with E-state index in [1.807, 2.05) is 47.4 Å². The third-order valence-corrected chi connectivity index (χ3v) is 6.61. The summed E-state index contributed by atoms with van der Waals surface area (Å²) in [6, 6.07) is 19.3. The molecular formula is C25H21Cl3N4O2S. The fourth-order valence-electron chi connectivity index (χ4n) is 3.76. The number of carbonyl (C=O) groups excluding carboxylic acids is 2. The molecule has 1 saturated heterocycles. The van der Waals surface area contributed by atoms with Crippen LogP contribution < -0.4 is 15.5 Å². The van der Waals surface area contributed by atoms with E-state index < -0.39 is 5.91 Å². The van der Waals surface area contributed by atoms with E-state index in [0.717, 1.165) is 5.69 Å². The molecular weight excluding hydrogens is 527 g/mol. The van der Waals surface area contributed by atoms with Gasteiger partial charge >= 0.3 is 0 Å². The Morgan fingerprint density at radius 3 is 2.23 bits per heavy atom. The van der Waals surface area contributed by atoms with Crippen molar-refractivity contribution in [1.29, 1.82) is 0 Å². The summed E-state index contributed by atoms with van der Waals surface area (Å²) in [4.78, 5) is 29.1. The van der Waals surface area contributed by atoms with Crippen LogP contribution in [0.15, 0.2) is 66.7 Å². The molecule has 0 unspecified atom stereocenters. The van der Waals surface area contributed by atoms with Crippen molar-refractivity contribution in [3.8, 4) is 0 Å². The number of thiocarbonyl (C=S) groups is 1. The molecule has 0 aromatic heterocycles. The Bertz CT molecular complexity index is 1260. The van der Waals surface area contributed by atoms with Crippen LogP contribution >= 0.6 is 47.0 Å². The first-order chi connectivity index (χ1) is 16.8. The predicted molar refractivity (Wildman–Crippen MR) is 146 cm³/mol.